The van der Waals surface area contributed by atoms with E-state index in [4.69, 9.17) is 16.3 Å². The van der Waals surface area contributed by atoms with Crippen LogP contribution in [-0.4, -0.2) is 12.7 Å². The van der Waals surface area contributed by atoms with Gasteiger partial charge in [-0.3, -0.25) is 0 Å². The summed E-state index contributed by atoms with van der Waals surface area (Å²) < 4.78 is 18.9. The van der Waals surface area contributed by atoms with Crippen LogP contribution in [0.3, 0.4) is 0 Å². The predicted molar refractivity (Wildman–Crippen MR) is 97.8 cm³/mol. The van der Waals surface area contributed by atoms with Crippen LogP contribution in [0, 0.1) is 17.7 Å². The van der Waals surface area contributed by atoms with E-state index in [0.717, 1.165) is 11.8 Å². The molecule has 3 rings (SSSR count). The topological polar surface area (TPSA) is 9.23 Å². The van der Waals surface area contributed by atoms with Gasteiger partial charge in [0.2, 0.25) is 0 Å². The second-order valence-electron chi connectivity index (χ2n) is 7.40. The molecule has 2 saturated carbocycles. The molecular weight excluding hydrogens is 323 g/mol. The second kappa shape index (κ2) is 9.01. The lowest BCUT2D eigenvalue weighted by Gasteiger charge is -2.37. The first-order chi connectivity index (χ1) is 11.8. The third-order valence-corrected chi connectivity index (χ3v) is 6.19. The highest BCUT2D eigenvalue weighted by Gasteiger charge is 2.31. The lowest BCUT2D eigenvalue weighted by molar-refractivity contribution is 0.0223. The summed E-state index contributed by atoms with van der Waals surface area (Å²) in [6.07, 6.45) is 12.5. The Labute approximate surface area is 150 Å². The second-order valence-corrected chi connectivity index (χ2v) is 7.65. The molecule has 0 radical (unpaired) electrons. The molecule has 132 valence electrons. The van der Waals surface area contributed by atoms with Crippen molar-refractivity contribution in [2.24, 2.45) is 11.8 Å². The molecule has 0 saturated heterocycles. The van der Waals surface area contributed by atoms with Crippen LogP contribution in [-0.2, 0) is 4.74 Å². The van der Waals surface area contributed by atoms with Crippen molar-refractivity contribution in [2.75, 3.05) is 6.61 Å². The number of hydrogen-bond acceptors (Lipinski definition) is 1. The van der Waals surface area contributed by atoms with Crippen LogP contribution in [0.5, 0.6) is 0 Å². The van der Waals surface area contributed by atoms with Crippen molar-refractivity contribution in [1.29, 1.82) is 0 Å². The van der Waals surface area contributed by atoms with E-state index in [0.29, 0.717) is 18.6 Å². The van der Waals surface area contributed by atoms with E-state index in [1.807, 2.05) is 18.2 Å². The molecule has 0 bridgehead atoms. The Balaban J connectivity index is 1.42. The van der Waals surface area contributed by atoms with Gasteiger partial charge in [0.25, 0.3) is 0 Å². The predicted octanol–water partition coefficient (Wildman–Crippen LogP) is 6.43. The molecule has 1 aromatic rings. The fourth-order valence-electron chi connectivity index (χ4n) is 4.61. The molecule has 0 aliphatic heterocycles. The maximum absolute atomic E-state index is 13.1. The van der Waals surface area contributed by atoms with Crippen LogP contribution < -0.4 is 0 Å². The van der Waals surface area contributed by atoms with Crippen LogP contribution in [0.25, 0.3) is 0 Å². The van der Waals surface area contributed by atoms with Gasteiger partial charge < -0.3 is 4.74 Å². The van der Waals surface area contributed by atoms with Gasteiger partial charge in [0.1, 0.15) is 5.82 Å². The van der Waals surface area contributed by atoms with Crippen molar-refractivity contribution in [3.05, 3.63) is 47.3 Å². The summed E-state index contributed by atoms with van der Waals surface area (Å²) in [6, 6.07) is 7.14. The molecule has 0 unspecified atom stereocenters. The van der Waals surface area contributed by atoms with Gasteiger partial charge in [-0.05, 0) is 92.9 Å². The Morgan fingerprint density at radius 2 is 1.50 bits per heavy atom. The molecule has 3 heteroatoms. The summed E-state index contributed by atoms with van der Waals surface area (Å²) in [7, 11) is 0. The summed E-state index contributed by atoms with van der Waals surface area (Å²) >= 11 is 5.53. The van der Waals surface area contributed by atoms with Gasteiger partial charge in [-0.1, -0.05) is 23.7 Å². The van der Waals surface area contributed by atoms with E-state index in [1.165, 1.54) is 62.5 Å². The molecular formula is C21H28ClFO. The fraction of sp³-hybridized carbons (Fsp3) is 0.619. The van der Waals surface area contributed by atoms with Gasteiger partial charge in [-0.2, -0.15) is 0 Å². The van der Waals surface area contributed by atoms with Crippen molar-refractivity contribution >= 4 is 11.6 Å². The van der Waals surface area contributed by atoms with Gasteiger partial charge in [0.05, 0.1) is 12.7 Å². The van der Waals surface area contributed by atoms with Gasteiger partial charge >= 0.3 is 0 Å². The van der Waals surface area contributed by atoms with E-state index >= 15 is 0 Å². The SMILES string of the molecule is Fc1ccc(C2CCC([C@H]3CC[C@H](OC/C=C/Cl)CC3)CC2)cc1. The Bertz CT molecular complexity index is 511. The molecule has 0 amide bonds. The highest BCUT2D eigenvalue weighted by Crippen LogP contribution is 2.43. The average molecular weight is 351 g/mol. The number of halogens is 2. The molecule has 0 aromatic heterocycles. The highest BCUT2D eigenvalue weighted by atomic mass is 35.5. The van der Waals surface area contributed by atoms with Crippen LogP contribution >= 0.6 is 11.6 Å². The molecule has 0 heterocycles. The lowest BCUT2D eigenvalue weighted by Crippen LogP contribution is -2.28. The number of rotatable bonds is 5. The van der Waals surface area contributed by atoms with Crippen molar-refractivity contribution in [3.8, 4) is 0 Å². The summed E-state index contributed by atoms with van der Waals surface area (Å²) in [5.74, 6) is 2.25. The minimum atomic E-state index is -0.132. The zero-order valence-corrected chi connectivity index (χ0v) is 15.1. The third kappa shape index (κ3) is 4.83. The Kier molecular flexibility index (Phi) is 6.74. The molecule has 1 nitrogen and oxygen atoms in total. The van der Waals surface area contributed by atoms with E-state index in [9.17, 15) is 4.39 Å². The molecule has 2 aliphatic rings. The summed E-state index contributed by atoms with van der Waals surface area (Å²) in [4.78, 5) is 0. The Hall–Kier alpha value is -0.860. The van der Waals surface area contributed by atoms with Crippen LogP contribution in [0.2, 0.25) is 0 Å². The van der Waals surface area contributed by atoms with Crippen molar-refractivity contribution in [1.82, 2.24) is 0 Å². The molecule has 24 heavy (non-hydrogen) atoms. The van der Waals surface area contributed by atoms with E-state index < -0.39 is 0 Å². The fourth-order valence-corrected chi connectivity index (χ4v) is 4.69. The first-order valence-electron chi connectivity index (χ1n) is 9.38. The largest absolute Gasteiger partial charge is 0.374 e. The minimum absolute atomic E-state index is 0.132. The highest BCUT2D eigenvalue weighted by molar-refractivity contribution is 6.25. The minimum Gasteiger partial charge on any atom is -0.374 e. The monoisotopic (exact) mass is 350 g/mol. The van der Waals surface area contributed by atoms with Gasteiger partial charge in [-0.15, -0.1) is 0 Å². The summed E-state index contributed by atoms with van der Waals surface area (Å²) in [6.45, 7) is 0.640. The molecule has 0 N–H and O–H groups in total. The van der Waals surface area contributed by atoms with E-state index in [2.05, 4.69) is 0 Å². The number of ether oxygens (including phenoxy) is 1. The molecule has 1 aromatic carbocycles. The van der Waals surface area contributed by atoms with Crippen LogP contribution in [0.15, 0.2) is 35.9 Å². The summed E-state index contributed by atoms with van der Waals surface area (Å²) in [5.41, 5.74) is 2.85. The molecule has 2 aliphatic carbocycles. The van der Waals surface area contributed by atoms with Crippen LogP contribution in [0.1, 0.15) is 62.8 Å². The number of benzene rings is 1. The standard InChI is InChI=1S/C21H28ClFO/c22-14-1-15-24-21-12-8-19(9-13-21)17-4-2-16(3-5-17)18-6-10-20(23)11-7-18/h1,6-7,10-11,14,16-17,19,21H,2-5,8-9,12-13,15H2/b14-1+/t16?,17?,19-,21-. The maximum Gasteiger partial charge on any atom is 0.123 e. The van der Waals surface area contributed by atoms with Gasteiger partial charge in [0.15, 0.2) is 0 Å². The third-order valence-electron chi connectivity index (χ3n) is 6.02. The molecule has 0 spiro atoms. The van der Waals surface area contributed by atoms with Crippen molar-refractivity contribution < 1.29 is 9.13 Å². The zero-order valence-electron chi connectivity index (χ0n) is 14.3. The molecule has 0 atom stereocenters. The lowest BCUT2D eigenvalue weighted by atomic mass is 9.69. The quantitative estimate of drug-likeness (QED) is 0.594. The van der Waals surface area contributed by atoms with Crippen LogP contribution in [0.4, 0.5) is 4.39 Å². The molecule has 2 fully saturated rings. The zero-order chi connectivity index (χ0) is 16.8. The smallest absolute Gasteiger partial charge is 0.123 e. The average Bonchev–Trinajstić information content (AvgIpc) is 2.63. The Morgan fingerprint density at radius 1 is 0.917 bits per heavy atom. The Morgan fingerprint density at radius 3 is 2.08 bits per heavy atom. The first-order valence-corrected chi connectivity index (χ1v) is 9.82. The normalized spacial score (nSPS) is 31.4. The van der Waals surface area contributed by atoms with Gasteiger partial charge in [0, 0.05) is 5.54 Å². The van der Waals surface area contributed by atoms with Gasteiger partial charge in [-0.25, -0.2) is 4.39 Å². The van der Waals surface area contributed by atoms with E-state index in [-0.39, 0.29) is 5.82 Å². The van der Waals surface area contributed by atoms with Crippen molar-refractivity contribution in [2.45, 2.75) is 63.4 Å². The number of hydrogen-bond donors (Lipinski definition) is 0. The summed E-state index contributed by atoms with van der Waals surface area (Å²) in [5, 5.41) is 0. The van der Waals surface area contributed by atoms with Crippen molar-refractivity contribution in [3.63, 3.8) is 0 Å². The first kappa shape index (κ1) is 17.9. The maximum atomic E-state index is 13.1. The van der Waals surface area contributed by atoms with E-state index in [1.54, 1.807) is 12.1 Å².